The second-order valence-corrected chi connectivity index (χ2v) is 6.20. The van der Waals surface area contributed by atoms with Crippen molar-refractivity contribution in [3.05, 3.63) is 29.8 Å². The first-order valence-electron chi connectivity index (χ1n) is 8.63. The number of guanidine groups is 1. The van der Waals surface area contributed by atoms with E-state index in [1.54, 1.807) is 12.1 Å². The van der Waals surface area contributed by atoms with Crippen molar-refractivity contribution in [2.24, 2.45) is 4.99 Å². The van der Waals surface area contributed by atoms with E-state index in [0.717, 1.165) is 0 Å². The van der Waals surface area contributed by atoms with E-state index in [0.29, 0.717) is 31.0 Å². The van der Waals surface area contributed by atoms with Gasteiger partial charge in [0.1, 0.15) is 5.75 Å². The largest absolute Gasteiger partial charge is 0.435 e. The lowest BCUT2D eigenvalue weighted by Crippen LogP contribution is -2.45. The number of ether oxygens (including phenoxy) is 1. The first-order chi connectivity index (χ1) is 12.7. The van der Waals surface area contributed by atoms with Gasteiger partial charge in [-0.1, -0.05) is 12.1 Å². The minimum absolute atomic E-state index is 0.0502. The molecule has 0 amide bonds. The topological polar surface area (TPSA) is 48.9 Å². The number of hydrogen-bond donors (Lipinski definition) is 2. The summed E-state index contributed by atoms with van der Waals surface area (Å²) in [6.45, 7) is -0.502. The maximum atomic E-state index is 12.5. The van der Waals surface area contributed by atoms with E-state index in [-0.39, 0.29) is 24.9 Å². The molecule has 1 atom stereocenters. The zero-order chi connectivity index (χ0) is 19.9. The molecule has 2 N–H and O–H groups in total. The Labute approximate surface area is 154 Å². The molecule has 5 nitrogen and oxygen atoms in total. The minimum atomic E-state index is -4.21. The molecular formula is C17H23F5N4O. The average molecular weight is 394 g/mol. The number of aliphatic imine (C=N–C) groups is 1. The molecule has 1 aliphatic heterocycles. The van der Waals surface area contributed by atoms with E-state index in [4.69, 9.17) is 0 Å². The number of likely N-dealkylation sites (tertiary alicyclic amines) is 1. The molecule has 2 rings (SSSR count). The van der Waals surface area contributed by atoms with E-state index in [1.165, 1.54) is 17.0 Å². The summed E-state index contributed by atoms with van der Waals surface area (Å²) >= 11 is 0. The zero-order valence-corrected chi connectivity index (χ0v) is 14.9. The SMILES string of the molecule is CCNC(=NCc1cccc(OC(F)F)c1)NC1CCN(CC(F)(F)F)C1. The Morgan fingerprint density at radius 1 is 1.37 bits per heavy atom. The summed E-state index contributed by atoms with van der Waals surface area (Å²) in [7, 11) is 0. The molecule has 1 aliphatic rings. The first-order valence-corrected chi connectivity index (χ1v) is 8.63. The number of nitrogens with one attached hydrogen (secondary N) is 2. The van der Waals surface area contributed by atoms with Crippen LogP contribution in [0.25, 0.3) is 0 Å². The van der Waals surface area contributed by atoms with Crippen LogP contribution in [0.4, 0.5) is 22.0 Å². The lowest BCUT2D eigenvalue weighted by molar-refractivity contribution is -0.143. The van der Waals surface area contributed by atoms with Crippen molar-refractivity contribution in [1.82, 2.24) is 15.5 Å². The summed E-state index contributed by atoms with van der Waals surface area (Å²) in [6.07, 6.45) is -3.63. The highest BCUT2D eigenvalue weighted by molar-refractivity contribution is 5.80. The van der Waals surface area contributed by atoms with Gasteiger partial charge in [-0.2, -0.15) is 22.0 Å². The molecule has 1 heterocycles. The van der Waals surface area contributed by atoms with Crippen LogP contribution in [0.3, 0.4) is 0 Å². The minimum Gasteiger partial charge on any atom is -0.435 e. The monoisotopic (exact) mass is 394 g/mol. The Hall–Kier alpha value is -2.10. The van der Waals surface area contributed by atoms with Gasteiger partial charge in [0.05, 0.1) is 13.1 Å². The molecule has 0 radical (unpaired) electrons. The number of hydrogen-bond acceptors (Lipinski definition) is 3. The lowest BCUT2D eigenvalue weighted by atomic mass is 10.2. The van der Waals surface area contributed by atoms with E-state index in [2.05, 4.69) is 20.4 Å². The van der Waals surface area contributed by atoms with Gasteiger partial charge >= 0.3 is 12.8 Å². The Kier molecular flexibility index (Phi) is 7.64. The Morgan fingerprint density at radius 3 is 2.81 bits per heavy atom. The molecule has 0 aromatic heterocycles. The van der Waals surface area contributed by atoms with Crippen molar-refractivity contribution in [3.8, 4) is 5.75 Å². The summed E-state index contributed by atoms with van der Waals surface area (Å²) in [5.41, 5.74) is 0.676. The first kappa shape index (κ1) is 21.2. The van der Waals surface area contributed by atoms with Gasteiger partial charge in [0.25, 0.3) is 0 Å². The predicted molar refractivity (Wildman–Crippen MR) is 91.9 cm³/mol. The fraction of sp³-hybridized carbons (Fsp3) is 0.588. The van der Waals surface area contributed by atoms with Gasteiger partial charge in [-0.3, -0.25) is 4.90 Å². The molecule has 152 valence electrons. The van der Waals surface area contributed by atoms with Gasteiger partial charge in [0, 0.05) is 25.7 Å². The van der Waals surface area contributed by atoms with Crippen LogP contribution in [0.2, 0.25) is 0 Å². The predicted octanol–water partition coefficient (Wildman–Crippen LogP) is 2.98. The van der Waals surface area contributed by atoms with Crippen LogP contribution in [0.5, 0.6) is 5.75 Å². The van der Waals surface area contributed by atoms with Crippen LogP contribution >= 0.6 is 0 Å². The highest BCUT2D eigenvalue weighted by Gasteiger charge is 2.34. The molecule has 1 unspecified atom stereocenters. The molecule has 1 saturated heterocycles. The summed E-state index contributed by atoms with van der Waals surface area (Å²) in [4.78, 5) is 5.73. The van der Waals surface area contributed by atoms with E-state index in [1.807, 2.05) is 6.92 Å². The molecular weight excluding hydrogens is 371 g/mol. The Bertz CT molecular complexity index is 624. The Morgan fingerprint density at radius 2 is 2.15 bits per heavy atom. The van der Waals surface area contributed by atoms with Crippen molar-refractivity contribution < 1.29 is 26.7 Å². The molecule has 27 heavy (non-hydrogen) atoms. The smallest absolute Gasteiger partial charge is 0.401 e. The van der Waals surface area contributed by atoms with Crippen LogP contribution < -0.4 is 15.4 Å². The van der Waals surface area contributed by atoms with Crippen LogP contribution in [-0.2, 0) is 6.54 Å². The normalized spacial score (nSPS) is 18.8. The van der Waals surface area contributed by atoms with Gasteiger partial charge in [-0.25, -0.2) is 4.99 Å². The van der Waals surface area contributed by atoms with Gasteiger partial charge in [-0.15, -0.1) is 0 Å². The van der Waals surface area contributed by atoms with Crippen molar-refractivity contribution in [3.63, 3.8) is 0 Å². The number of halogens is 5. The number of benzene rings is 1. The fourth-order valence-electron chi connectivity index (χ4n) is 2.85. The summed E-state index contributed by atoms with van der Waals surface area (Å²) in [5.74, 6) is 0.519. The number of rotatable bonds is 7. The molecule has 0 saturated carbocycles. The van der Waals surface area contributed by atoms with Crippen LogP contribution in [-0.4, -0.2) is 55.9 Å². The summed E-state index contributed by atoms with van der Waals surface area (Å²) in [6, 6.07) is 6.08. The quantitative estimate of drug-likeness (QED) is 0.424. The molecule has 0 bridgehead atoms. The van der Waals surface area contributed by atoms with Gasteiger partial charge in [-0.05, 0) is 31.0 Å². The molecule has 1 fully saturated rings. The van der Waals surface area contributed by atoms with E-state index < -0.39 is 19.3 Å². The summed E-state index contributed by atoms with van der Waals surface area (Å²) in [5, 5.41) is 6.16. The van der Waals surface area contributed by atoms with Crippen molar-refractivity contribution in [2.45, 2.75) is 38.7 Å². The van der Waals surface area contributed by atoms with Crippen LogP contribution in [0, 0.1) is 0 Å². The molecule has 1 aromatic carbocycles. The second kappa shape index (κ2) is 9.72. The van der Waals surface area contributed by atoms with Crippen LogP contribution in [0.15, 0.2) is 29.3 Å². The van der Waals surface area contributed by atoms with Gasteiger partial charge in [0.15, 0.2) is 5.96 Å². The van der Waals surface area contributed by atoms with E-state index >= 15 is 0 Å². The number of alkyl halides is 5. The highest BCUT2D eigenvalue weighted by atomic mass is 19.4. The molecule has 10 heteroatoms. The molecule has 1 aromatic rings. The standard InChI is InChI=1S/C17H23F5N4O/c1-2-23-16(25-13-6-7-26(10-13)11-17(20,21)22)24-9-12-4-3-5-14(8-12)27-15(18)19/h3-5,8,13,15H,2,6-7,9-11H2,1H3,(H2,23,24,25). The average Bonchev–Trinajstić information content (AvgIpc) is 2.97. The van der Waals surface area contributed by atoms with Gasteiger partial charge in [0.2, 0.25) is 0 Å². The lowest BCUT2D eigenvalue weighted by Gasteiger charge is -2.19. The third kappa shape index (κ3) is 7.98. The van der Waals surface area contributed by atoms with Crippen LogP contribution in [0.1, 0.15) is 18.9 Å². The fourth-order valence-corrected chi connectivity index (χ4v) is 2.85. The molecule has 0 spiro atoms. The maximum absolute atomic E-state index is 12.5. The van der Waals surface area contributed by atoms with Crippen molar-refractivity contribution in [2.75, 3.05) is 26.2 Å². The van der Waals surface area contributed by atoms with Crippen molar-refractivity contribution in [1.29, 1.82) is 0 Å². The van der Waals surface area contributed by atoms with E-state index in [9.17, 15) is 22.0 Å². The summed E-state index contributed by atoms with van der Waals surface area (Å²) < 4.78 is 66.4. The number of nitrogens with zero attached hydrogens (tertiary/aromatic N) is 2. The van der Waals surface area contributed by atoms with Crippen molar-refractivity contribution >= 4 is 5.96 Å². The second-order valence-electron chi connectivity index (χ2n) is 6.20. The highest BCUT2D eigenvalue weighted by Crippen LogP contribution is 2.20. The third-order valence-electron chi connectivity index (χ3n) is 3.90. The molecule has 0 aliphatic carbocycles. The maximum Gasteiger partial charge on any atom is 0.401 e. The van der Waals surface area contributed by atoms with Gasteiger partial charge < -0.3 is 15.4 Å². The Balaban J connectivity index is 1.93. The third-order valence-corrected chi connectivity index (χ3v) is 3.90. The zero-order valence-electron chi connectivity index (χ0n) is 14.9.